The molecule has 1 atom stereocenters. The second-order valence-electron chi connectivity index (χ2n) is 5.38. The summed E-state index contributed by atoms with van der Waals surface area (Å²) in [4.78, 5) is 12.5. The smallest absolute Gasteiger partial charge is 0.255 e. The van der Waals surface area contributed by atoms with Gasteiger partial charge in [-0.15, -0.1) is 0 Å². The molecular formula is C19H23NO4. The summed E-state index contributed by atoms with van der Waals surface area (Å²) in [5.74, 6) is 1.64. The first-order valence-corrected chi connectivity index (χ1v) is 7.87. The summed E-state index contributed by atoms with van der Waals surface area (Å²) in [6.07, 6.45) is 0.999. The highest BCUT2D eigenvalue weighted by Gasteiger charge is 2.12. The molecule has 0 saturated carbocycles. The number of methoxy groups -OCH3 is 2. The lowest BCUT2D eigenvalue weighted by Crippen LogP contribution is -2.14. The van der Waals surface area contributed by atoms with Gasteiger partial charge in [0.05, 0.1) is 26.0 Å². The van der Waals surface area contributed by atoms with Crippen LogP contribution in [0, 0.1) is 0 Å². The Hall–Kier alpha value is -2.69. The van der Waals surface area contributed by atoms with E-state index in [1.165, 1.54) is 0 Å². The van der Waals surface area contributed by atoms with Crippen LogP contribution in [-0.2, 0) is 0 Å². The summed E-state index contributed by atoms with van der Waals surface area (Å²) in [5.41, 5.74) is 1.07. The molecule has 0 radical (unpaired) electrons. The van der Waals surface area contributed by atoms with Crippen LogP contribution >= 0.6 is 0 Å². The first-order valence-electron chi connectivity index (χ1n) is 7.87. The maximum absolute atomic E-state index is 12.5. The Bertz CT molecular complexity index is 700. The number of anilines is 1. The molecule has 2 aromatic carbocycles. The van der Waals surface area contributed by atoms with Crippen LogP contribution in [0.3, 0.4) is 0 Å². The molecule has 0 fully saturated rings. The zero-order chi connectivity index (χ0) is 17.5. The third-order valence-corrected chi connectivity index (χ3v) is 3.66. The molecule has 1 unspecified atom stereocenters. The van der Waals surface area contributed by atoms with Crippen molar-refractivity contribution in [1.29, 1.82) is 0 Å². The van der Waals surface area contributed by atoms with Gasteiger partial charge < -0.3 is 19.5 Å². The topological polar surface area (TPSA) is 56.8 Å². The van der Waals surface area contributed by atoms with Crippen LogP contribution in [0.4, 0.5) is 5.69 Å². The molecule has 0 heterocycles. The summed E-state index contributed by atoms with van der Waals surface area (Å²) in [6, 6.07) is 12.4. The number of rotatable bonds is 7. The van der Waals surface area contributed by atoms with E-state index < -0.39 is 0 Å². The fourth-order valence-corrected chi connectivity index (χ4v) is 2.13. The van der Waals surface area contributed by atoms with E-state index in [9.17, 15) is 4.79 Å². The Morgan fingerprint density at radius 1 is 1.08 bits per heavy atom. The number of amides is 1. The van der Waals surface area contributed by atoms with Crippen molar-refractivity contribution in [3.05, 3.63) is 48.0 Å². The fourth-order valence-electron chi connectivity index (χ4n) is 2.13. The van der Waals surface area contributed by atoms with E-state index in [0.717, 1.165) is 6.42 Å². The summed E-state index contributed by atoms with van der Waals surface area (Å²) < 4.78 is 16.2. The zero-order valence-corrected chi connectivity index (χ0v) is 14.5. The molecule has 0 saturated heterocycles. The molecular weight excluding hydrogens is 306 g/mol. The van der Waals surface area contributed by atoms with Gasteiger partial charge in [-0.1, -0.05) is 13.0 Å². The van der Waals surface area contributed by atoms with Crippen molar-refractivity contribution in [3.63, 3.8) is 0 Å². The second-order valence-corrected chi connectivity index (χ2v) is 5.38. The Kier molecular flexibility index (Phi) is 6.07. The number of hydrogen-bond donors (Lipinski definition) is 1. The van der Waals surface area contributed by atoms with E-state index in [0.29, 0.717) is 28.5 Å². The van der Waals surface area contributed by atoms with Gasteiger partial charge in [-0.25, -0.2) is 0 Å². The minimum Gasteiger partial charge on any atom is -0.497 e. The minimum atomic E-state index is -0.240. The standard InChI is InChI=1S/C19H23NO4/c1-5-13(2)24-16-8-6-7-14(11-16)19(21)20-17-12-15(22-3)9-10-18(17)23-4/h6-13H,5H2,1-4H3,(H,20,21). The maximum Gasteiger partial charge on any atom is 0.255 e. The number of carbonyl (C=O) groups excluding carboxylic acids is 1. The average Bonchev–Trinajstić information content (AvgIpc) is 2.61. The highest BCUT2D eigenvalue weighted by atomic mass is 16.5. The Morgan fingerprint density at radius 2 is 1.88 bits per heavy atom. The fraction of sp³-hybridized carbons (Fsp3) is 0.316. The van der Waals surface area contributed by atoms with Crippen molar-refractivity contribution >= 4 is 11.6 Å². The Labute approximate surface area is 142 Å². The summed E-state index contributed by atoms with van der Waals surface area (Å²) in [6.45, 7) is 4.05. The van der Waals surface area contributed by atoms with Crippen LogP contribution in [-0.4, -0.2) is 26.2 Å². The molecule has 1 N–H and O–H groups in total. The molecule has 0 aliphatic carbocycles. The average molecular weight is 329 g/mol. The monoisotopic (exact) mass is 329 g/mol. The van der Waals surface area contributed by atoms with Crippen LogP contribution in [0.1, 0.15) is 30.6 Å². The zero-order valence-electron chi connectivity index (χ0n) is 14.5. The second kappa shape index (κ2) is 8.24. The van der Waals surface area contributed by atoms with Crippen molar-refractivity contribution < 1.29 is 19.0 Å². The van der Waals surface area contributed by atoms with Gasteiger partial charge in [-0.2, -0.15) is 0 Å². The third kappa shape index (κ3) is 4.41. The number of hydrogen-bond acceptors (Lipinski definition) is 4. The molecule has 2 aromatic rings. The minimum absolute atomic E-state index is 0.0989. The summed E-state index contributed by atoms with van der Waals surface area (Å²) >= 11 is 0. The lowest BCUT2D eigenvalue weighted by atomic mass is 10.2. The van der Waals surface area contributed by atoms with Crippen molar-refractivity contribution in [2.45, 2.75) is 26.4 Å². The van der Waals surface area contributed by atoms with Crippen LogP contribution in [0.2, 0.25) is 0 Å². The largest absolute Gasteiger partial charge is 0.497 e. The van der Waals surface area contributed by atoms with Crippen LogP contribution in [0.15, 0.2) is 42.5 Å². The van der Waals surface area contributed by atoms with Crippen LogP contribution in [0.5, 0.6) is 17.2 Å². The van der Waals surface area contributed by atoms with Crippen molar-refractivity contribution in [2.75, 3.05) is 19.5 Å². The SMILES string of the molecule is CCC(C)Oc1cccc(C(=O)Nc2cc(OC)ccc2OC)c1. The normalized spacial score (nSPS) is 11.5. The first-order chi connectivity index (χ1) is 11.6. The van der Waals surface area contributed by atoms with Gasteiger partial charge in [0.1, 0.15) is 17.2 Å². The lowest BCUT2D eigenvalue weighted by Gasteiger charge is -2.14. The molecule has 2 rings (SSSR count). The molecule has 0 aliphatic heterocycles. The number of benzene rings is 2. The van der Waals surface area contributed by atoms with Crippen molar-refractivity contribution in [1.82, 2.24) is 0 Å². The molecule has 5 nitrogen and oxygen atoms in total. The summed E-state index contributed by atoms with van der Waals surface area (Å²) in [7, 11) is 3.13. The first kappa shape index (κ1) is 17.7. The molecule has 5 heteroatoms. The molecule has 0 aliphatic rings. The van der Waals surface area contributed by atoms with Gasteiger partial charge in [0, 0.05) is 11.6 Å². The van der Waals surface area contributed by atoms with Crippen LogP contribution < -0.4 is 19.5 Å². The van der Waals surface area contributed by atoms with E-state index in [-0.39, 0.29) is 12.0 Å². The van der Waals surface area contributed by atoms with E-state index in [1.807, 2.05) is 13.0 Å². The quantitative estimate of drug-likeness (QED) is 0.829. The van der Waals surface area contributed by atoms with Gasteiger partial charge in [-0.05, 0) is 43.7 Å². The highest BCUT2D eigenvalue weighted by molar-refractivity contribution is 6.05. The van der Waals surface area contributed by atoms with Gasteiger partial charge in [-0.3, -0.25) is 4.79 Å². The number of carbonyl (C=O) groups is 1. The summed E-state index contributed by atoms with van der Waals surface area (Å²) in [5, 5.41) is 2.85. The number of nitrogens with one attached hydrogen (secondary N) is 1. The number of ether oxygens (including phenoxy) is 3. The molecule has 0 bridgehead atoms. The molecule has 1 amide bonds. The van der Waals surface area contributed by atoms with Gasteiger partial charge in [0.2, 0.25) is 0 Å². The van der Waals surface area contributed by atoms with E-state index in [4.69, 9.17) is 14.2 Å². The predicted molar refractivity (Wildman–Crippen MR) is 94.3 cm³/mol. The molecule has 24 heavy (non-hydrogen) atoms. The van der Waals surface area contributed by atoms with E-state index >= 15 is 0 Å². The highest BCUT2D eigenvalue weighted by Crippen LogP contribution is 2.29. The van der Waals surface area contributed by atoms with Gasteiger partial charge in [0.15, 0.2) is 0 Å². The molecule has 0 aromatic heterocycles. The van der Waals surface area contributed by atoms with Crippen molar-refractivity contribution in [2.24, 2.45) is 0 Å². The van der Waals surface area contributed by atoms with Crippen molar-refractivity contribution in [3.8, 4) is 17.2 Å². The molecule has 0 spiro atoms. The van der Waals surface area contributed by atoms with E-state index in [1.54, 1.807) is 50.6 Å². The predicted octanol–water partition coefficient (Wildman–Crippen LogP) is 4.13. The Balaban J connectivity index is 2.19. The maximum atomic E-state index is 12.5. The Morgan fingerprint density at radius 3 is 2.54 bits per heavy atom. The van der Waals surface area contributed by atoms with Crippen LogP contribution in [0.25, 0.3) is 0 Å². The third-order valence-electron chi connectivity index (χ3n) is 3.66. The lowest BCUT2D eigenvalue weighted by molar-refractivity contribution is 0.102. The van der Waals surface area contributed by atoms with E-state index in [2.05, 4.69) is 12.2 Å². The molecule has 128 valence electrons. The van der Waals surface area contributed by atoms with Gasteiger partial charge >= 0.3 is 0 Å². The van der Waals surface area contributed by atoms with Gasteiger partial charge in [0.25, 0.3) is 5.91 Å².